The summed E-state index contributed by atoms with van der Waals surface area (Å²) >= 11 is 0. The second kappa shape index (κ2) is 6.85. The molecule has 3 nitrogen and oxygen atoms in total. The van der Waals surface area contributed by atoms with E-state index >= 15 is 0 Å². The molecule has 2 aromatic carbocycles. The summed E-state index contributed by atoms with van der Waals surface area (Å²) in [6.45, 7) is 4.81. The lowest BCUT2D eigenvalue weighted by molar-refractivity contribution is 0.243. The Labute approximate surface area is 120 Å². The van der Waals surface area contributed by atoms with Gasteiger partial charge in [-0.15, -0.1) is 0 Å². The van der Waals surface area contributed by atoms with E-state index in [4.69, 9.17) is 9.47 Å². The van der Waals surface area contributed by atoms with Crippen LogP contribution in [-0.4, -0.2) is 13.2 Å². The molecule has 106 valence electrons. The van der Waals surface area contributed by atoms with Crippen molar-refractivity contribution in [3.05, 3.63) is 54.1 Å². The number of methoxy groups -OCH3 is 1. The highest BCUT2D eigenvalue weighted by Gasteiger charge is 2.04. The number of hydrogen-bond donors (Lipinski definition) is 1. The van der Waals surface area contributed by atoms with Gasteiger partial charge in [0.05, 0.1) is 18.9 Å². The Balaban J connectivity index is 2.02. The van der Waals surface area contributed by atoms with E-state index in [-0.39, 0.29) is 6.10 Å². The summed E-state index contributed by atoms with van der Waals surface area (Å²) in [5, 5.41) is 3.41. The molecule has 0 aliphatic heterocycles. The number of ether oxygens (including phenoxy) is 2. The molecule has 1 N–H and O–H groups in total. The Bertz CT molecular complexity index is 535. The summed E-state index contributed by atoms with van der Waals surface area (Å²) in [7, 11) is 1.67. The zero-order valence-corrected chi connectivity index (χ0v) is 12.2. The Morgan fingerprint density at radius 2 is 1.70 bits per heavy atom. The lowest BCUT2D eigenvalue weighted by Crippen LogP contribution is -2.08. The molecule has 0 aliphatic rings. The van der Waals surface area contributed by atoms with Crippen LogP contribution in [0.4, 0.5) is 5.69 Å². The van der Waals surface area contributed by atoms with Gasteiger partial charge in [-0.05, 0) is 43.7 Å². The molecular formula is C17H21NO2. The van der Waals surface area contributed by atoms with E-state index in [9.17, 15) is 0 Å². The molecule has 0 atom stereocenters. The Morgan fingerprint density at radius 1 is 1.00 bits per heavy atom. The zero-order chi connectivity index (χ0) is 14.4. The van der Waals surface area contributed by atoms with Gasteiger partial charge in [0.1, 0.15) is 11.5 Å². The van der Waals surface area contributed by atoms with Gasteiger partial charge in [-0.2, -0.15) is 0 Å². The molecule has 2 rings (SSSR count). The summed E-state index contributed by atoms with van der Waals surface area (Å²) in [5.74, 6) is 1.76. The van der Waals surface area contributed by atoms with E-state index in [1.807, 2.05) is 50.2 Å². The molecule has 0 saturated carbocycles. The molecule has 3 heteroatoms. The first kappa shape index (κ1) is 14.3. The number of anilines is 1. The number of para-hydroxylation sites is 2. The Kier molecular flexibility index (Phi) is 4.88. The zero-order valence-electron chi connectivity index (χ0n) is 12.2. The number of benzene rings is 2. The van der Waals surface area contributed by atoms with Crippen LogP contribution in [0.5, 0.6) is 11.5 Å². The second-order valence-electron chi connectivity index (χ2n) is 4.86. The molecule has 0 unspecified atom stereocenters. The molecule has 20 heavy (non-hydrogen) atoms. The van der Waals surface area contributed by atoms with Crippen molar-refractivity contribution in [1.82, 2.24) is 0 Å². The third-order valence-corrected chi connectivity index (χ3v) is 2.89. The minimum absolute atomic E-state index is 0.166. The standard InChI is InChI=1S/C17H21NO2/c1-13(2)20-17-7-5-4-6-16(17)18-12-14-8-10-15(19-3)11-9-14/h4-11,13,18H,12H2,1-3H3. The van der Waals surface area contributed by atoms with Crippen LogP contribution in [0.3, 0.4) is 0 Å². The Hall–Kier alpha value is -2.16. The van der Waals surface area contributed by atoms with Crippen LogP contribution in [0.1, 0.15) is 19.4 Å². The van der Waals surface area contributed by atoms with E-state index in [2.05, 4.69) is 17.4 Å². The molecule has 0 amide bonds. The second-order valence-corrected chi connectivity index (χ2v) is 4.86. The summed E-state index contributed by atoms with van der Waals surface area (Å²) in [6.07, 6.45) is 0.166. The van der Waals surface area contributed by atoms with Gasteiger partial charge < -0.3 is 14.8 Å². The average molecular weight is 271 g/mol. The summed E-state index contributed by atoms with van der Waals surface area (Å²) in [5.41, 5.74) is 2.21. The molecule has 2 aromatic rings. The fourth-order valence-electron chi connectivity index (χ4n) is 1.91. The van der Waals surface area contributed by atoms with Crippen LogP contribution in [-0.2, 0) is 6.54 Å². The van der Waals surface area contributed by atoms with E-state index < -0.39 is 0 Å². The van der Waals surface area contributed by atoms with Gasteiger partial charge >= 0.3 is 0 Å². The van der Waals surface area contributed by atoms with E-state index in [0.29, 0.717) is 0 Å². The highest BCUT2D eigenvalue weighted by Crippen LogP contribution is 2.25. The molecule has 0 bridgehead atoms. The molecule has 0 aromatic heterocycles. The molecule has 0 spiro atoms. The summed E-state index contributed by atoms with van der Waals surface area (Å²) in [6, 6.07) is 16.0. The average Bonchev–Trinajstić information content (AvgIpc) is 2.46. The van der Waals surface area contributed by atoms with E-state index in [1.54, 1.807) is 7.11 Å². The van der Waals surface area contributed by atoms with Gasteiger partial charge in [-0.3, -0.25) is 0 Å². The van der Waals surface area contributed by atoms with Gasteiger partial charge in [0, 0.05) is 6.54 Å². The van der Waals surface area contributed by atoms with Crippen LogP contribution in [0.2, 0.25) is 0 Å². The van der Waals surface area contributed by atoms with Crippen LogP contribution in [0.15, 0.2) is 48.5 Å². The minimum Gasteiger partial charge on any atom is -0.497 e. The topological polar surface area (TPSA) is 30.5 Å². The molecule has 0 heterocycles. The van der Waals surface area contributed by atoms with Gasteiger partial charge in [0.2, 0.25) is 0 Å². The fourth-order valence-corrected chi connectivity index (χ4v) is 1.91. The molecular weight excluding hydrogens is 250 g/mol. The smallest absolute Gasteiger partial charge is 0.142 e. The normalized spacial score (nSPS) is 10.4. The number of rotatable bonds is 6. The third-order valence-electron chi connectivity index (χ3n) is 2.89. The molecule has 0 aliphatic carbocycles. The van der Waals surface area contributed by atoms with E-state index in [0.717, 1.165) is 23.7 Å². The van der Waals surface area contributed by atoms with Gasteiger partial charge in [-0.1, -0.05) is 24.3 Å². The van der Waals surface area contributed by atoms with Crippen LogP contribution in [0.25, 0.3) is 0 Å². The fraction of sp³-hybridized carbons (Fsp3) is 0.294. The first-order valence-corrected chi connectivity index (χ1v) is 6.81. The summed E-state index contributed by atoms with van der Waals surface area (Å²) in [4.78, 5) is 0. The lowest BCUT2D eigenvalue weighted by atomic mass is 10.2. The summed E-state index contributed by atoms with van der Waals surface area (Å²) < 4.78 is 10.9. The maximum atomic E-state index is 5.79. The molecule has 0 saturated heterocycles. The van der Waals surface area contributed by atoms with Crippen LogP contribution in [0, 0.1) is 0 Å². The van der Waals surface area contributed by atoms with Crippen LogP contribution >= 0.6 is 0 Å². The van der Waals surface area contributed by atoms with Crippen molar-refractivity contribution in [1.29, 1.82) is 0 Å². The first-order valence-electron chi connectivity index (χ1n) is 6.81. The monoisotopic (exact) mass is 271 g/mol. The maximum Gasteiger partial charge on any atom is 0.142 e. The van der Waals surface area contributed by atoms with Crippen molar-refractivity contribution in [3.8, 4) is 11.5 Å². The van der Waals surface area contributed by atoms with Crippen molar-refractivity contribution < 1.29 is 9.47 Å². The quantitative estimate of drug-likeness (QED) is 0.858. The predicted octanol–water partition coefficient (Wildman–Crippen LogP) is 4.09. The largest absolute Gasteiger partial charge is 0.497 e. The van der Waals surface area contributed by atoms with Crippen molar-refractivity contribution in [2.75, 3.05) is 12.4 Å². The van der Waals surface area contributed by atoms with E-state index in [1.165, 1.54) is 5.56 Å². The van der Waals surface area contributed by atoms with Crippen molar-refractivity contribution in [2.45, 2.75) is 26.5 Å². The highest BCUT2D eigenvalue weighted by molar-refractivity contribution is 5.56. The number of hydrogen-bond acceptors (Lipinski definition) is 3. The maximum absolute atomic E-state index is 5.79. The van der Waals surface area contributed by atoms with Crippen molar-refractivity contribution >= 4 is 5.69 Å². The van der Waals surface area contributed by atoms with Crippen LogP contribution < -0.4 is 14.8 Å². The molecule has 0 radical (unpaired) electrons. The highest BCUT2D eigenvalue weighted by atomic mass is 16.5. The van der Waals surface area contributed by atoms with Crippen molar-refractivity contribution in [3.63, 3.8) is 0 Å². The van der Waals surface area contributed by atoms with Gasteiger partial charge in [-0.25, -0.2) is 0 Å². The van der Waals surface area contributed by atoms with Crippen molar-refractivity contribution in [2.24, 2.45) is 0 Å². The SMILES string of the molecule is COc1ccc(CNc2ccccc2OC(C)C)cc1. The predicted molar refractivity (Wildman–Crippen MR) is 82.5 cm³/mol. The number of nitrogens with one attached hydrogen (secondary N) is 1. The third kappa shape index (κ3) is 3.92. The lowest BCUT2D eigenvalue weighted by Gasteiger charge is -2.15. The van der Waals surface area contributed by atoms with Gasteiger partial charge in [0.15, 0.2) is 0 Å². The van der Waals surface area contributed by atoms with Gasteiger partial charge in [0.25, 0.3) is 0 Å². The first-order chi connectivity index (χ1) is 9.69. The minimum atomic E-state index is 0.166. The molecule has 0 fully saturated rings. The Morgan fingerprint density at radius 3 is 2.35 bits per heavy atom.